The minimum Gasteiger partial charge on any atom is -0.278 e. The van der Waals surface area contributed by atoms with Gasteiger partial charge in [0.15, 0.2) is 17.5 Å². The summed E-state index contributed by atoms with van der Waals surface area (Å²) in [5, 5.41) is 4.77. The number of rotatable bonds is 7. The van der Waals surface area contributed by atoms with Gasteiger partial charge in [0, 0.05) is 38.6 Å². The monoisotopic (exact) mass is 754 g/mol. The van der Waals surface area contributed by atoms with E-state index in [1.54, 1.807) is 0 Å². The summed E-state index contributed by atoms with van der Waals surface area (Å²) in [5.41, 5.74) is 10.7. The molecule has 11 aromatic rings. The van der Waals surface area contributed by atoms with Gasteiger partial charge in [0.1, 0.15) is 0 Å². The highest BCUT2D eigenvalue weighted by Gasteiger charge is 2.19. The molecular weight excluding hydrogens is 721 g/mol. The van der Waals surface area contributed by atoms with Crippen LogP contribution in [0.3, 0.4) is 0 Å². The van der Waals surface area contributed by atoms with E-state index in [0.29, 0.717) is 23.4 Å². The molecule has 0 N–H and O–H groups in total. The number of nitrogens with zero attached hydrogens (tertiary/aromatic N) is 6. The molecule has 6 heteroatoms. The van der Waals surface area contributed by atoms with Gasteiger partial charge in [0.05, 0.1) is 22.4 Å². The Morgan fingerprint density at radius 3 is 1.42 bits per heavy atom. The van der Waals surface area contributed by atoms with Crippen molar-refractivity contribution in [1.82, 2.24) is 29.5 Å². The van der Waals surface area contributed by atoms with Crippen LogP contribution in [0.25, 0.3) is 106 Å². The van der Waals surface area contributed by atoms with E-state index in [2.05, 4.69) is 144 Å². The Balaban J connectivity index is 1.05. The molecule has 0 saturated heterocycles. The van der Waals surface area contributed by atoms with E-state index >= 15 is 0 Å². The molecule has 0 spiro atoms. The summed E-state index contributed by atoms with van der Waals surface area (Å²) in [4.78, 5) is 25.5. The fraction of sp³-hybridized carbons (Fsp3) is 0. The topological polar surface area (TPSA) is 69.4 Å². The first-order chi connectivity index (χ1) is 29.2. The third kappa shape index (κ3) is 6.29. The summed E-state index contributed by atoms with van der Waals surface area (Å²) in [6.07, 6.45) is 0. The van der Waals surface area contributed by atoms with Crippen molar-refractivity contribution in [3.63, 3.8) is 0 Å². The zero-order valence-electron chi connectivity index (χ0n) is 31.8. The molecule has 11 rings (SSSR count). The Morgan fingerprint density at radius 1 is 0.288 bits per heavy atom. The Hall–Kier alpha value is -8.09. The largest absolute Gasteiger partial charge is 0.278 e. The van der Waals surface area contributed by atoms with E-state index < -0.39 is 0 Å². The lowest BCUT2D eigenvalue weighted by molar-refractivity contribution is 0.996. The van der Waals surface area contributed by atoms with Crippen molar-refractivity contribution in [2.75, 3.05) is 0 Å². The Bertz CT molecular complexity index is 3270. The van der Waals surface area contributed by atoms with E-state index in [-0.39, 0.29) is 0 Å². The van der Waals surface area contributed by atoms with E-state index in [1.807, 2.05) is 66.7 Å². The molecule has 59 heavy (non-hydrogen) atoms. The second kappa shape index (κ2) is 14.4. The van der Waals surface area contributed by atoms with E-state index in [0.717, 1.165) is 61.4 Å². The van der Waals surface area contributed by atoms with Crippen LogP contribution in [0.5, 0.6) is 0 Å². The number of hydrogen-bond donors (Lipinski definition) is 0. The van der Waals surface area contributed by atoms with Gasteiger partial charge in [-0.1, -0.05) is 176 Å². The first-order valence-corrected chi connectivity index (χ1v) is 19.7. The summed E-state index contributed by atoms with van der Waals surface area (Å²) in [6.45, 7) is 0. The zero-order chi connectivity index (χ0) is 39.1. The molecule has 0 aliphatic carbocycles. The highest BCUT2D eigenvalue weighted by atomic mass is 15.2. The minimum absolute atomic E-state index is 0.614. The van der Waals surface area contributed by atoms with Crippen LogP contribution >= 0.6 is 0 Å². The van der Waals surface area contributed by atoms with Crippen LogP contribution < -0.4 is 0 Å². The zero-order valence-corrected chi connectivity index (χ0v) is 31.8. The Morgan fingerprint density at radius 2 is 0.763 bits per heavy atom. The van der Waals surface area contributed by atoms with Gasteiger partial charge < -0.3 is 0 Å². The predicted octanol–water partition coefficient (Wildman–Crippen LogP) is 12.9. The number of aromatic nitrogens is 6. The molecule has 0 aliphatic heterocycles. The van der Waals surface area contributed by atoms with Gasteiger partial charge in [-0.3, -0.25) is 4.57 Å². The standard InChI is InChI=1S/C53H34N6/c1-4-17-36(18-5-1)45-34-46(55-53(54-45)59-47-29-13-12-28-44(47)49-43-27-11-10-16-35(43)30-31-48(49)59)41-25-14-23-39(32-41)40-24-15-26-42(33-40)52-57-50(37-19-6-2-7-20-37)56-51(58-52)38-21-8-3-9-22-38/h1-34H. The van der Waals surface area contributed by atoms with Crippen LogP contribution in [0.1, 0.15) is 0 Å². The highest BCUT2D eigenvalue weighted by molar-refractivity contribution is 6.21. The van der Waals surface area contributed by atoms with Gasteiger partial charge >= 0.3 is 0 Å². The summed E-state index contributed by atoms with van der Waals surface area (Å²) < 4.78 is 2.21. The van der Waals surface area contributed by atoms with Crippen molar-refractivity contribution in [2.24, 2.45) is 0 Å². The number of hydrogen-bond acceptors (Lipinski definition) is 5. The maximum Gasteiger partial charge on any atom is 0.235 e. The fourth-order valence-corrected chi connectivity index (χ4v) is 8.03. The van der Waals surface area contributed by atoms with E-state index in [4.69, 9.17) is 24.9 Å². The molecule has 0 saturated carbocycles. The molecule has 6 nitrogen and oxygen atoms in total. The van der Waals surface area contributed by atoms with Crippen LogP contribution in [0, 0.1) is 0 Å². The fourth-order valence-electron chi connectivity index (χ4n) is 8.03. The van der Waals surface area contributed by atoms with Crippen LogP contribution in [-0.2, 0) is 0 Å². The number of fused-ring (bicyclic) bond motifs is 5. The third-order valence-electron chi connectivity index (χ3n) is 10.9. The van der Waals surface area contributed by atoms with E-state index in [1.165, 1.54) is 21.5 Å². The quantitative estimate of drug-likeness (QED) is 0.162. The highest BCUT2D eigenvalue weighted by Crippen LogP contribution is 2.38. The maximum atomic E-state index is 5.35. The number of benzene rings is 8. The molecule has 0 radical (unpaired) electrons. The number of para-hydroxylation sites is 1. The third-order valence-corrected chi connectivity index (χ3v) is 10.9. The smallest absolute Gasteiger partial charge is 0.235 e. The summed E-state index contributed by atoms with van der Waals surface area (Å²) in [6, 6.07) is 71.0. The molecule has 0 fully saturated rings. The SMILES string of the molecule is c1ccc(-c2cc(-c3cccc(-c4cccc(-c5nc(-c6ccccc6)nc(-c6ccccc6)n5)c4)c3)nc(-n3c4ccccc4c4c5ccccc5ccc43)n2)cc1. The van der Waals surface area contributed by atoms with Crippen molar-refractivity contribution < 1.29 is 0 Å². The lowest BCUT2D eigenvalue weighted by atomic mass is 9.99. The van der Waals surface area contributed by atoms with Crippen LogP contribution in [0.15, 0.2) is 206 Å². The van der Waals surface area contributed by atoms with Crippen LogP contribution in [0.2, 0.25) is 0 Å². The normalized spacial score (nSPS) is 11.4. The van der Waals surface area contributed by atoms with Crippen molar-refractivity contribution >= 4 is 32.6 Å². The molecule has 0 atom stereocenters. The first-order valence-electron chi connectivity index (χ1n) is 19.7. The van der Waals surface area contributed by atoms with Crippen molar-refractivity contribution in [2.45, 2.75) is 0 Å². The van der Waals surface area contributed by atoms with Gasteiger partial charge in [-0.25, -0.2) is 24.9 Å². The first kappa shape index (κ1) is 34.2. The Labute approximate surface area is 340 Å². The van der Waals surface area contributed by atoms with E-state index in [9.17, 15) is 0 Å². The molecule has 3 heterocycles. The van der Waals surface area contributed by atoms with Gasteiger partial charge in [0.25, 0.3) is 0 Å². The molecule has 0 unspecified atom stereocenters. The van der Waals surface area contributed by atoms with Crippen LogP contribution in [-0.4, -0.2) is 29.5 Å². The van der Waals surface area contributed by atoms with Crippen LogP contribution in [0.4, 0.5) is 0 Å². The molecule has 3 aromatic heterocycles. The second-order valence-corrected chi connectivity index (χ2v) is 14.5. The summed E-state index contributed by atoms with van der Waals surface area (Å²) in [5.74, 6) is 2.50. The summed E-state index contributed by atoms with van der Waals surface area (Å²) >= 11 is 0. The summed E-state index contributed by atoms with van der Waals surface area (Å²) in [7, 11) is 0. The maximum absolute atomic E-state index is 5.35. The van der Waals surface area contributed by atoms with Crippen molar-refractivity contribution in [3.05, 3.63) is 206 Å². The van der Waals surface area contributed by atoms with Gasteiger partial charge in [-0.2, -0.15) is 0 Å². The van der Waals surface area contributed by atoms with Gasteiger partial charge in [-0.05, 0) is 52.2 Å². The lowest BCUT2D eigenvalue weighted by Crippen LogP contribution is -2.04. The molecule has 0 amide bonds. The predicted molar refractivity (Wildman–Crippen MR) is 240 cm³/mol. The molecular formula is C53H34N6. The van der Waals surface area contributed by atoms with Gasteiger partial charge in [-0.15, -0.1) is 0 Å². The van der Waals surface area contributed by atoms with Gasteiger partial charge in [0.2, 0.25) is 5.95 Å². The molecule has 8 aromatic carbocycles. The molecule has 0 aliphatic rings. The average Bonchev–Trinajstić information content (AvgIpc) is 3.67. The van der Waals surface area contributed by atoms with Crippen molar-refractivity contribution in [1.29, 1.82) is 0 Å². The van der Waals surface area contributed by atoms with Crippen molar-refractivity contribution in [3.8, 4) is 73.8 Å². The molecule has 276 valence electrons. The minimum atomic E-state index is 0.614. The lowest BCUT2D eigenvalue weighted by Gasteiger charge is -2.13. The molecule has 0 bridgehead atoms. The average molecular weight is 755 g/mol. The second-order valence-electron chi connectivity index (χ2n) is 14.5. The Kier molecular flexibility index (Phi) is 8.37.